The van der Waals surface area contributed by atoms with E-state index in [0.29, 0.717) is 5.82 Å². The fraction of sp³-hybridized carbons (Fsp3) is 0.231. The lowest BCUT2D eigenvalue weighted by atomic mass is 10.0. The zero-order chi connectivity index (χ0) is 12.8. The highest BCUT2D eigenvalue weighted by Gasteiger charge is 2.18. The van der Waals surface area contributed by atoms with Gasteiger partial charge in [0.1, 0.15) is 6.04 Å². The SMILES string of the molecule is C=C(N[C@@H](C(=O)C=S)c1ccccc1)N(C)C. The maximum atomic E-state index is 11.8. The first kappa shape index (κ1) is 13.4. The molecule has 1 atom stereocenters. The van der Waals surface area contributed by atoms with Crippen molar-refractivity contribution in [3.05, 3.63) is 48.3 Å². The number of nitrogens with one attached hydrogen (secondary N) is 1. The molecule has 0 aliphatic heterocycles. The van der Waals surface area contributed by atoms with E-state index < -0.39 is 6.04 Å². The molecular weight excluding hydrogens is 232 g/mol. The maximum Gasteiger partial charge on any atom is 0.193 e. The average Bonchev–Trinajstić information content (AvgIpc) is 2.35. The highest BCUT2D eigenvalue weighted by Crippen LogP contribution is 2.14. The molecule has 0 aliphatic carbocycles. The summed E-state index contributed by atoms with van der Waals surface area (Å²) in [6.07, 6.45) is 0. The van der Waals surface area contributed by atoms with Crippen molar-refractivity contribution in [2.75, 3.05) is 14.1 Å². The third kappa shape index (κ3) is 3.67. The first-order valence-corrected chi connectivity index (χ1v) is 5.70. The highest BCUT2D eigenvalue weighted by atomic mass is 32.1. The van der Waals surface area contributed by atoms with Gasteiger partial charge in [-0.25, -0.2) is 0 Å². The van der Waals surface area contributed by atoms with E-state index in [2.05, 4.69) is 11.9 Å². The van der Waals surface area contributed by atoms with Crippen LogP contribution in [0.3, 0.4) is 0 Å². The molecule has 0 spiro atoms. The lowest BCUT2D eigenvalue weighted by Gasteiger charge is -2.23. The van der Waals surface area contributed by atoms with Gasteiger partial charge in [-0.05, 0) is 5.56 Å². The summed E-state index contributed by atoms with van der Waals surface area (Å²) in [5.41, 5.74) is 0.876. The summed E-state index contributed by atoms with van der Waals surface area (Å²) in [4.78, 5) is 13.6. The van der Waals surface area contributed by atoms with Crippen LogP contribution < -0.4 is 5.32 Å². The van der Waals surface area contributed by atoms with Gasteiger partial charge >= 0.3 is 0 Å². The third-order valence-electron chi connectivity index (χ3n) is 2.38. The number of carbonyl (C=O) groups excluding carboxylic acids is 1. The van der Waals surface area contributed by atoms with Crippen LogP contribution in [0, 0.1) is 0 Å². The van der Waals surface area contributed by atoms with Crippen LogP contribution in [0.4, 0.5) is 0 Å². The van der Waals surface area contributed by atoms with Crippen LogP contribution in [0.25, 0.3) is 0 Å². The molecular formula is C13H16N2OS. The Morgan fingerprint density at radius 2 is 2.00 bits per heavy atom. The molecule has 0 heterocycles. The molecule has 90 valence electrons. The Morgan fingerprint density at radius 1 is 1.41 bits per heavy atom. The van der Waals surface area contributed by atoms with Crippen molar-refractivity contribution in [1.82, 2.24) is 10.2 Å². The fourth-order valence-corrected chi connectivity index (χ4v) is 1.46. The van der Waals surface area contributed by atoms with E-state index in [1.165, 1.54) is 0 Å². The van der Waals surface area contributed by atoms with Crippen molar-refractivity contribution in [3.63, 3.8) is 0 Å². The van der Waals surface area contributed by atoms with Gasteiger partial charge in [0.25, 0.3) is 0 Å². The Labute approximate surface area is 107 Å². The third-order valence-corrected chi connectivity index (χ3v) is 2.62. The van der Waals surface area contributed by atoms with Crippen molar-refractivity contribution in [2.24, 2.45) is 0 Å². The molecule has 0 saturated heterocycles. The smallest absolute Gasteiger partial charge is 0.193 e. The maximum absolute atomic E-state index is 11.8. The second kappa shape index (κ2) is 6.15. The molecule has 1 N–H and O–H groups in total. The summed E-state index contributed by atoms with van der Waals surface area (Å²) in [5, 5.41) is 4.23. The molecule has 0 aromatic heterocycles. The molecule has 0 aliphatic rings. The molecule has 0 radical (unpaired) electrons. The van der Waals surface area contributed by atoms with Crippen molar-refractivity contribution < 1.29 is 4.79 Å². The topological polar surface area (TPSA) is 32.3 Å². The zero-order valence-electron chi connectivity index (χ0n) is 10.0. The second-order valence-electron chi connectivity index (χ2n) is 3.85. The molecule has 0 unspecified atom stereocenters. The molecule has 0 amide bonds. The minimum atomic E-state index is -0.469. The van der Waals surface area contributed by atoms with Crippen LogP contribution in [-0.4, -0.2) is 30.1 Å². The van der Waals surface area contributed by atoms with Gasteiger partial charge in [0, 0.05) is 19.5 Å². The molecule has 4 heteroatoms. The summed E-state index contributed by atoms with van der Waals surface area (Å²) in [5.74, 6) is 0.526. The summed E-state index contributed by atoms with van der Waals surface area (Å²) < 4.78 is 0. The minimum absolute atomic E-state index is 0.144. The number of thiocarbonyl (C=S) groups is 1. The molecule has 1 aromatic carbocycles. The number of hydrogen-bond acceptors (Lipinski definition) is 4. The van der Waals surface area contributed by atoms with Gasteiger partial charge in [0.2, 0.25) is 0 Å². The largest absolute Gasteiger partial charge is 0.365 e. The molecule has 0 bridgehead atoms. The van der Waals surface area contributed by atoms with Gasteiger partial charge in [-0.15, -0.1) is 0 Å². The van der Waals surface area contributed by atoms with E-state index in [-0.39, 0.29) is 5.78 Å². The summed E-state index contributed by atoms with van der Waals surface area (Å²) in [7, 11) is 3.72. The van der Waals surface area contributed by atoms with Crippen LogP contribution in [0.5, 0.6) is 0 Å². The number of benzene rings is 1. The van der Waals surface area contributed by atoms with Crippen molar-refractivity contribution in [2.45, 2.75) is 6.04 Å². The zero-order valence-corrected chi connectivity index (χ0v) is 10.8. The predicted molar refractivity (Wildman–Crippen MR) is 73.8 cm³/mol. The first-order chi connectivity index (χ1) is 8.06. The van der Waals surface area contributed by atoms with Gasteiger partial charge < -0.3 is 10.2 Å². The Morgan fingerprint density at radius 3 is 2.47 bits per heavy atom. The fourth-order valence-electron chi connectivity index (χ4n) is 1.33. The van der Waals surface area contributed by atoms with E-state index in [9.17, 15) is 4.79 Å². The Kier molecular flexibility index (Phi) is 4.84. The number of ketones is 1. The molecule has 3 nitrogen and oxygen atoms in total. The summed E-state index contributed by atoms with van der Waals surface area (Å²) >= 11 is 4.71. The van der Waals surface area contributed by atoms with E-state index in [4.69, 9.17) is 12.2 Å². The molecule has 0 saturated carbocycles. The summed E-state index contributed by atoms with van der Waals surface area (Å²) in [6.45, 7) is 3.85. The Bertz CT molecular complexity index is 415. The Hall–Kier alpha value is -1.68. The van der Waals surface area contributed by atoms with E-state index in [1.807, 2.05) is 49.3 Å². The Balaban J connectivity index is 2.93. The van der Waals surface area contributed by atoms with Gasteiger partial charge in [0.15, 0.2) is 5.78 Å². The van der Waals surface area contributed by atoms with E-state index >= 15 is 0 Å². The number of carbonyl (C=O) groups is 1. The molecule has 1 aromatic rings. The van der Waals surface area contributed by atoms with Gasteiger partial charge in [-0.3, -0.25) is 4.79 Å². The summed E-state index contributed by atoms with van der Waals surface area (Å²) in [6, 6.07) is 8.99. The van der Waals surface area contributed by atoms with Crippen molar-refractivity contribution in [1.29, 1.82) is 0 Å². The van der Waals surface area contributed by atoms with Crippen molar-refractivity contribution >= 4 is 23.4 Å². The lowest BCUT2D eigenvalue weighted by Crippen LogP contribution is -2.33. The van der Waals surface area contributed by atoms with Crippen LogP contribution in [0.2, 0.25) is 0 Å². The quantitative estimate of drug-likeness (QED) is 0.780. The number of rotatable bonds is 6. The van der Waals surface area contributed by atoms with Crippen molar-refractivity contribution in [3.8, 4) is 0 Å². The van der Waals surface area contributed by atoms with E-state index in [0.717, 1.165) is 10.9 Å². The van der Waals surface area contributed by atoms with Crippen LogP contribution >= 0.6 is 12.2 Å². The highest BCUT2D eigenvalue weighted by molar-refractivity contribution is 7.80. The normalized spacial score (nSPS) is 11.4. The monoisotopic (exact) mass is 248 g/mol. The number of hydrogen-bond donors (Lipinski definition) is 1. The molecule has 1 rings (SSSR count). The molecule has 17 heavy (non-hydrogen) atoms. The minimum Gasteiger partial charge on any atom is -0.365 e. The lowest BCUT2D eigenvalue weighted by molar-refractivity contribution is -0.114. The standard InChI is InChI=1S/C13H16N2OS/c1-10(15(2)3)14-13(12(16)9-17)11-7-5-4-6-8-11/h4-9,13-14H,1H2,2-3H3/t13-/m1/s1. The molecule has 0 fully saturated rings. The number of Topliss-reactive ketones (excluding diaryl/α,β-unsaturated/α-hetero) is 1. The number of nitrogens with zero attached hydrogens (tertiary/aromatic N) is 1. The second-order valence-corrected chi connectivity index (χ2v) is 4.09. The van der Waals surface area contributed by atoms with Gasteiger partial charge in [-0.2, -0.15) is 0 Å². The van der Waals surface area contributed by atoms with Gasteiger partial charge in [0.05, 0.1) is 5.82 Å². The average molecular weight is 248 g/mol. The van der Waals surface area contributed by atoms with Crippen LogP contribution in [0.1, 0.15) is 11.6 Å². The van der Waals surface area contributed by atoms with Crippen LogP contribution in [-0.2, 0) is 4.79 Å². The predicted octanol–water partition coefficient (Wildman–Crippen LogP) is 1.92. The van der Waals surface area contributed by atoms with Crippen LogP contribution in [0.15, 0.2) is 42.7 Å². The first-order valence-electron chi connectivity index (χ1n) is 5.23. The van der Waals surface area contributed by atoms with E-state index in [1.54, 1.807) is 0 Å². The van der Waals surface area contributed by atoms with Gasteiger partial charge in [-0.1, -0.05) is 49.1 Å².